The summed E-state index contributed by atoms with van der Waals surface area (Å²) in [7, 11) is 0. The van der Waals surface area contributed by atoms with E-state index in [9.17, 15) is 19.6 Å². The van der Waals surface area contributed by atoms with Crippen LogP contribution in [0.1, 0.15) is 74.2 Å². The molecule has 2 aliphatic carbocycles. The molecule has 3 atom stereocenters. The van der Waals surface area contributed by atoms with Gasteiger partial charge in [-0.15, -0.1) is 0 Å². The Balaban J connectivity index is 1.21. The van der Waals surface area contributed by atoms with Crippen LogP contribution in [0.25, 0.3) is 0 Å². The van der Waals surface area contributed by atoms with Crippen molar-refractivity contribution >= 4 is 17.7 Å². The van der Waals surface area contributed by atoms with Crippen LogP contribution in [0.5, 0.6) is 5.75 Å². The number of carbonyl (C=O) groups excluding carboxylic acids is 3. The van der Waals surface area contributed by atoms with Crippen LogP contribution >= 0.6 is 0 Å². The van der Waals surface area contributed by atoms with Gasteiger partial charge in [-0.2, -0.15) is 5.26 Å². The van der Waals surface area contributed by atoms with E-state index in [1.165, 1.54) is 6.42 Å². The van der Waals surface area contributed by atoms with E-state index in [4.69, 9.17) is 4.74 Å². The fourth-order valence-corrected chi connectivity index (χ4v) is 6.04. The van der Waals surface area contributed by atoms with Crippen LogP contribution in [0.3, 0.4) is 0 Å². The first-order valence-corrected chi connectivity index (χ1v) is 12.4. The lowest BCUT2D eigenvalue weighted by Crippen LogP contribution is -2.52. The molecule has 0 unspecified atom stereocenters. The molecule has 0 spiro atoms. The predicted octanol–water partition coefficient (Wildman–Crippen LogP) is 2.67. The molecule has 1 aromatic carbocycles. The second-order valence-electron chi connectivity index (χ2n) is 10.6. The molecule has 0 bridgehead atoms. The van der Waals surface area contributed by atoms with E-state index in [1.807, 2.05) is 19.1 Å². The highest BCUT2D eigenvalue weighted by Crippen LogP contribution is 2.44. The third-order valence-electron chi connectivity index (χ3n) is 7.90. The van der Waals surface area contributed by atoms with Gasteiger partial charge in [-0.25, -0.2) is 0 Å². The van der Waals surface area contributed by atoms with Gasteiger partial charge in [0.2, 0.25) is 11.8 Å². The van der Waals surface area contributed by atoms with Crippen LogP contribution in [-0.4, -0.2) is 47.4 Å². The van der Waals surface area contributed by atoms with Crippen LogP contribution in [0.4, 0.5) is 0 Å². The summed E-state index contributed by atoms with van der Waals surface area (Å²) in [6.07, 6.45) is 6.95. The van der Waals surface area contributed by atoms with Crippen LogP contribution < -0.4 is 15.4 Å². The minimum Gasteiger partial charge on any atom is -0.489 e. The molecule has 3 fully saturated rings. The second kappa shape index (κ2) is 9.03. The number of ether oxygens (including phenoxy) is 1. The first kappa shape index (κ1) is 22.9. The summed E-state index contributed by atoms with van der Waals surface area (Å²) < 4.78 is 6.42. The lowest BCUT2D eigenvalue weighted by Gasteiger charge is -2.41. The summed E-state index contributed by atoms with van der Waals surface area (Å²) in [4.78, 5) is 38.2. The highest BCUT2D eigenvalue weighted by Gasteiger charge is 2.41. The number of nitriles is 1. The van der Waals surface area contributed by atoms with E-state index >= 15 is 0 Å². The Morgan fingerprint density at radius 2 is 2.00 bits per heavy atom. The lowest BCUT2D eigenvalue weighted by atomic mass is 9.64. The minimum absolute atomic E-state index is 0.0672. The highest BCUT2D eigenvalue weighted by atomic mass is 16.5. The van der Waals surface area contributed by atoms with E-state index in [1.54, 1.807) is 11.0 Å². The molecule has 180 valence electrons. The maximum atomic E-state index is 12.9. The summed E-state index contributed by atoms with van der Waals surface area (Å²) in [6.45, 7) is 3.31. The van der Waals surface area contributed by atoms with E-state index in [2.05, 4.69) is 16.7 Å². The smallest absolute Gasteiger partial charge is 0.255 e. The summed E-state index contributed by atoms with van der Waals surface area (Å²) in [6, 6.07) is 7.66. The molecule has 1 saturated heterocycles. The molecule has 2 saturated carbocycles. The number of fused-ring (bicyclic) bond motifs is 1. The van der Waals surface area contributed by atoms with Crippen LogP contribution in [-0.2, 0) is 16.1 Å². The molecule has 0 radical (unpaired) electrons. The zero-order valence-corrected chi connectivity index (χ0v) is 19.6. The number of benzene rings is 1. The number of rotatable bonds is 6. The standard InChI is InChI=1S/C26H32N4O4/c1-26(15-27)11-16(12-26)13-28-20-4-2-3-5-22(20)34-18-6-7-19-17(10-18)14-30(25(19)33)21-8-9-23(31)29-24(21)32/h6-7,10,16,20-22,28H,2-5,8-9,11-14H2,1H3,(H,29,31,32)/t16?,20-,21-,22-,26?/m1/s1. The third kappa shape index (κ3) is 4.41. The fourth-order valence-electron chi connectivity index (χ4n) is 6.04. The van der Waals surface area contributed by atoms with E-state index in [0.29, 0.717) is 24.4 Å². The van der Waals surface area contributed by atoms with Gasteiger partial charge >= 0.3 is 0 Å². The molecule has 3 amide bonds. The lowest BCUT2D eigenvalue weighted by molar-refractivity contribution is -0.136. The number of hydrogen-bond donors (Lipinski definition) is 2. The van der Waals surface area contributed by atoms with Crippen molar-refractivity contribution in [2.45, 2.75) is 83.0 Å². The Hall–Kier alpha value is -2.92. The van der Waals surface area contributed by atoms with Crippen molar-refractivity contribution in [1.82, 2.24) is 15.5 Å². The molecule has 34 heavy (non-hydrogen) atoms. The van der Waals surface area contributed by atoms with E-state index in [-0.39, 0.29) is 35.8 Å². The zero-order chi connectivity index (χ0) is 23.9. The van der Waals surface area contributed by atoms with Crippen LogP contribution in [0.15, 0.2) is 18.2 Å². The molecule has 5 rings (SSSR count). The number of hydrogen-bond acceptors (Lipinski definition) is 6. The Kier molecular flexibility index (Phi) is 6.07. The fraction of sp³-hybridized carbons (Fsp3) is 0.615. The van der Waals surface area contributed by atoms with Crippen molar-refractivity contribution in [1.29, 1.82) is 5.26 Å². The maximum absolute atomic E-state index is 12.9. The topological polar surface area (TPSA) is 112 Å². The minimum atomic E-state index is -0.608. The first-order valence-electron chi connectivity index (χ1n) is 12.4. The monoisotopic (exact) mass is 464 g/mol. The molecule has 2 aliphatic heterocycles. The Labute approximate surface area is 200 Å². The van der Waals surface area contributed by atoms with Gasteiger partial charge in [-0.3, -0.25) is 19.7 Å². The Morgan fingerprint density at radius 3 is 2.76 bits per heavy atom. The molecule has 4 aliphatic rings. The molecule has 1 aromatic rings. The van der Waals surface area contributed by atoms with Gasteiger partial charge in [-0.1, -0.05) is 6.42 Å². The summed E-state index contributed by atoms with van der Waals surface area (Å²) in [5.41, 5.74) is 1.30. The quantitative estimate of drug-likeness (QED) is 0.626. The average molecular weight is 465 g/mol. The Morgan fingerprint density at radius 1 is 1.21 bits per heavy atom. The zero-order valence-electron chi connectivity index (χ0n) is 19.6. The van der Waals surface area contributed by atoms with Gasteiger partial charge < -0.3 is 15.0 Å². The van der Waals surface area contributed by atoms with Gasteiger partial charge in [-0.05, 0) is 81.7 Å². The van der Waals surface area contributed by atoms with Gasteiger partial charge in [0.1, 0.15) is 17.9 Å². The van der Waals surface area contributed by atoms with Gasteiger partial charge in [0.25, 0.3) is 5.91 Å². The number of piperidine rings is 1. The number of imide groups is 1. The maximum Gasteiger partial charge on any atom is 0.255 e. The summed E-state index contributed by atoms with van der Waals surface area (Å²) in [5, 5.41) is 15.3. The largest absolute Gasteiger partial charge is 0.489 e. The molecule has 2 heterocycles. The van der Waals surface area contributed by atoms with Crippen molar-refractivity contribution in [3.8, 4) is 11.8 Å². The normalized spacial score (nSPS) is 33.1. The number of nitrogens with zero attached hydrogens (tertiary/aromatic N) is 2. The van der Waals surface area contributed by atoms with Crippen molar-refractivity contribution < 1.29 is 19.1 Å². The van der Waals surface area contributed by atoms with E-state index < -0.39 is 11.9 Å². The van der Waals surface area contributed by atoms with Gasteiger partial charge in [0.05, 0.1) is 11.5 Å². The number of amides is 3. The van der Waals surface area contributed by atoms with Crippen molar-refractivity contribution in [3.05, 3.63) is 29.3 Å². The van der Waals surface area contributed by atoms with Crippen molar-refractivity contribution in [2.75, 3.05) is 6.54 Å². The summed E-state index contributed by atoms with van der Waals surface area (Å²) in [5.74, 6) is 0.449. The molecule has 8 nitrogen and oxygen atoms in total. The highest BCUT2D eigenvalue weighted by molar-refractivity contribution is 6.05. The first-order chi connectivity index (χ1) is 16.3. The Bertz CT molecular complexity index is 1040. The predicted molar refractivity (Wildman–Crippen MR) is 124 cm³/mol. The third-order valence-corrected chi connectivity index (χ3v) is 7.90. The van der Waals surface area contributed by atoms with E-state index in [0.717, 1.165) is 50.0 Å². The second-order valence-corrected chi connectivity index (χ2v) is 10.6. The molecule has 8 heteroatoms. The number of carbonyl (C=O) groups is 3. The molecular formula is C26H32N4O4. The van der Waals surface area contributed by atoms with Crippen LogP contribution in [0, 0.1) is 22.7 Å². The SMILES string of the molecule is CC1(C#N)CC(CN[C@@H]2CCCC[C@H]2Oc2ccc3c(c2)CN([C@@H]2CCC(=O)NC2=O)C3=O)C1. The van der Waals surface area contributed by atoms with Crippen molar-refractivity contribution in [3.63, 3.8) is 0 Å². The van der Waals surface area contributed by atoms with Crippen molar-refractivity contribution in [2.24, 2.45) is 11.3 Å². The molecular weight excluding hydrogens is 432 g/mol. The van der Waals surface area contributed by atoms with Crippen LogP contribution in [0.2, 0.25) is 0 Å². The summed E-state index contributed by atoms with van der Waals surface area (Å²) >= 11 is 0. The molecule has 2 N–H and O–H groups in total. The van der Waals surface area contributed by atoms with Gasteiger partial charge in [0, 0.05) is 24.6 Å². The average Bonchev–Trinajstić information content (AvgIpc) is 3.12. The van der Waals surface area contributed by atoms with Gasteiger partial charge in [0.15, 0.2) is 0 Å². The number of nitrogens with one attached hydrogen (secondary N) is 2. The molecule has 0 aromatic heterocycles.